The van der Waals surface area contributed by atoms with E-state index >= 15 is 0 Å². The second-order valence-corrected chi connectivity index (χ2v) is 6.90. The highest BCUT2D eigenvalue weighted by Crippen LogP contribution is 2.34. The molecule has 0 atom stereocenters. The van der Waals surface area contributed by atoms with E-state index in [0.29, 0.717) is 10.8 Å². The highest BCUT2D eigenvalue weighted by Gasteiger charge is 2.19. The number of carbonyl (C=O) groups is 1. The molecule has 0 amide bonds. The first-order valence-electron chi connectivity index (χ1n) is 4.27. The third kappa shape index (κ3) is 3.37. The lowest BCUT2D eigenvalue weighted by Crippen LogP contribution is -2.11. The number of halogens is 2. The fourth-order valence-electron chi connectivity index (χ4n) is 1.05. The van der Waals surface area contributed by atoms with Gasteiger partial charge >= 0.3 is 0 Å². The van der Waals surface area contributed by atoms with Gasteiger partial charge in [-0.15, -0.1) is 11.3 Å². The van der Waals surface area contributed by atoms with Crippen LogP contribution in [-0.2, 0) is 0 Å². The molecule has 0 radical (unpaired) electrons. The van der Waals surface area contributed by atoms with Gasteiger partial charge in [0.1, 0.15) is 4.34 Å². The van der Waals surface area contributed by atoms with E-state index in [1.165, 1.54) is 11.3 Å². The molecule has 0 aliphatic heterocycles. The maximum atomic E-state index is 11.8. The number of thiophene rings is 1. The number of rotatable bonds is 2. The molecule has 1 nitrogen and oxygen atoms in total. The van der Waals surface area contributed by atoms with Crippen LogP contribution in [0.4, 0.5) is 0 Å². The van der Waals surface area contributed by atoms with Crippen molar-refractivity contribution in [2.24, 2.45) is 5.41 Å². The number of hydrogen-bond acceptors (Lipinski definition) is 2. The fourth-order valence-corrected chi connectivity index (χ4v) is 2.69. The second-order valence-electron chi connectivity index (χ2n) is 4.39. The lowest BCUT2D eigenvalue weighted by Gasteiger charge is -2.15. The van der Waals surface area contributed by atoms with E-state index in [-0.39, 0.29) is 11.2 Å². The number of Topliss-reactive ketones (excluding diaryl/α,β-unsaturated/α-hetero) is 1. The summed E-state index contributed by atoms with van der Waals surface area (Å²) in [6.07, 6.45) is 0.552. The van der Waals surface area contributed by atoms with Crippen LogP contribution in [0.15, 0.2) is 10.5 Å². The molecule has 0 spiro atoms. The Morgan fingerprint density at radius 2 is 2.14 bits per heavy atom. The van der Waals surface area contributed by atoms with Crippen LogP contribution in [-0.4, -0.2) is 5.78 Å². The van der Waals surface area contributed by atoms with Crippen molar-refractivity contribution in [3.8, 4) is 0 Å². The molecule has 0 aliphatic carbocycles. The van der Waals surface area contributed by atoms with E-state index in [2.05, 4.69) is 36.7 Å². The Bertz CT molecular complexity index is 332. The molecule has 0 fully saturated rings. The highest BCUT2D eigenvalue weighted by molar-refractivity contribution is 9.10. The van der Waals surface area contributed by atoms with Crippen molar-refractivity contribution in [2.75, 3.05) is 0 Å². The van der Waals surface area contributed by atoms with Crippen molar-refractivity contribution in [3.05, 3.63) is 19.8 Å². The van der Waals surface area contributed by atoms with Gasteiger partial charge in [0.25, 0.3) is 0 Å². The molecule has 0 saturated carbocycles. The fraction of sp³-hybridized carbons (Fsp3) is 0.500. The van der Waals surface area contributed by atoms with E-state index in [9.17, 15) is 4.79 Å². The first kappa shape index (κ1) is 12.2. The molecule has 0 bridgehead atoms. The molecule has 0 unspecified atom stereocenters. The van der Waals surface area contributed by atoms with Crippen LogP contribution in [0.25, 0.3) is 0 Å². The zero-order chi connectivity index (χ0) is 10.9. The zero-order valence-electron chi connectivity index (χ0n) is 8.36. The Morgan fingerprint density at radius 1 is 1.57 bits per heavy atom. The SMILES string of the molecule is CC(C)(C)CC(=O)c1cc(Br)c(Cl)s1. The Hall–Kier alpha value is 0.140. The van der Waals surface area contributed by atoms with Crippen molar-refractivity contribution >= 4 is 44.7 Å². The van der Waals surface area contributed by atoms with Gasteiger partial charge in [0.05, 0.1) is 4.88 Å². The monoisotopic (exact) mass is 294 g/mol. The van der Waals surface area contributed by atoms with Gasteiger partial charge in [-0.05, 0) is 27.4 Å². The molecule has 1 heterocycles. The summed E-state index contributed by atoms with van der Waals surface area (Å²) in [5, 5.41) is 0. The van der Waals surface area contributed by atoms with Gasteiger partial charge in [0.2, 0.25) is 0 Å². The van der Waals surface area contributed by atoms with Crippen molar-refractivity contribution in [2.45, 2.75) is 27.2 Å². The molecule has 0 aromatic carbocycles. The quantitative estimate of drug-likeness (QED) is 0.717. The van der Waals surface area contributed by atoms with Gasteiger partial charge in [0, 0.05) is 10.9 Å². The van der Waals surface area contributed by atoms with E-state index in [0.717, 1.165) is 9.35 Å². The standard InChI is InChI=1S/C10H12BrClOS/c1-10(2,3)5-7(13)8-4-6(11)9(12)14-8/h4H,5H2,1-3H3. The normalized spacial score (nSPS) is 11.8. The topological polar surface area (TPSA) is 17.1 Å². The van der Waals surface area contributed by atoms with Crippen LogP contribution < -0.4 is 0 Å². The average Bonchev–Trinajstić information content (AvgIpc) is 2.28. The molecule has 1 rings (SSSR count). The van der Waals surface area contributed by atoms with Crippen LogP contribution >= 0.6 is 38.9 Å². The first-order chi connectivity index (χ1) is 6.29. The van der Waals surface area contributed by atoms with Crippen LogP contribution in [0.2, 0.25) is 4.34 Å². The molecule has 0 saturated heterocycles. The summed E-state index contributed by atoms with van der Waals surface area (Å²) in [5.41, 5.74) is 0.0278. The van der Waals surface area contributed by atoms with Gasteiger partial charge in [-0.25, -0.2) is 0 Å². The van der Waals surface area contributed by atoms with Crippen LogP contribution in [0.3, 0.4) is 0 Å². The third-order valence-corrected chi connectivity index (χ3v) is 4.13. The van der Waals surface area contributed by atoms with Gasteiger partial charge < -0.3 is 0 Å². The molecule has 78 valence electrons. The number of hydrogen-bond donors (Lipinski definition) is 0. The van der Waals surface area contributed by atoms with Crippen molar-refractivity contribution in [1.82, 2.24) is 0 Å². The summed E-state index contributed by atoms with van der Waals surface area (Å²) in [6.45, 7) is 6.15. The van der Waals surface area contributed by atoms with Gasteiger partial charge in [-0.1, -0.05) is 32.4 Å². The summed E-state index contributed by atoms with van der Waals surface area (Å²) in [7, 11) is 0. The van der Waals surface area contributed by atoms with Crippen molar-refractivity contribution in [3.63, 3.8) is 0 Å². The summed E-state index contributed by atoms with van der Waals surface area (Å²) in [4.78, 5) is 12.5. The lowest BCUT2D eigenvalue weighted by molar-refractivity contribution is 0.0944. The molecule has 0 N–H and O–H groups in total. The molecule has 4 heteroatoms. The predicted octanol–water partition coefficient (Wildman–Crippen LogP) is 4.78. The third-order valence-electron chi connectivity index (χ3n) is 1.61. The van der Waals surface area contributed by atoms with E-state index in [1.54, 1.807) is 6.07 Å². The van der Waals surface area contributed by atoms with Gasteiger partial charge in [-0.2, -0.15) is 0 Å². The number of ketones is 1. The number of carbonyl (C=O) groups excluding carboxylic acids is 1. The van der Waals surface area contributed by atoms with Gasteiger partial charge in [0.15, 0.2) is 5.78 Å². The highest BCUT2D eigenvalue weighted by atomic mass is 79.9. The summed E-state index contributed by atoms with van der Waals surface area (Å²) in [5.74, 6) is 0.162. The maximum absolute atomic E-state index is 11.8. The largest absolute Gasteiger partial charge is 0.293 e. The van der Waals surface area contributed by atoms with Crippen LogP contribution in [0.5, 0.6) is 0 Å². The second kappa shape index (κ2) is 4.33. The van der Waals surface area contributed by atoms with Gasteiger partial charge in [-0.3, -0.25) is 4.79 Å². The maximum Gasteiger partial charge on any atom is 0.173 e. The van der Waals surface area contributed by atoms with E-state index < -0.39 is 0 Å². The summed E-state index contributed by atoms with van der Waals surface area (Å²) < 4.78 is 1.45. The molecule has 0 aliphatic rings. The minimum Gasteiger partial charge on any atom is -0.293 e. The zero-order valence-corrected chi connectivity index (χ0v) is 11.5. The summed E-state index contributed by atoms with van der Waals surface area (Å²) >= 11 is 10.5. The lowest BCUT2D eigenvalue weighted by atomic mass is 9.90. The minimum atomic E-state index is 0.0278. The molecular weight excluding hydrogens is 284 g/mol. The van der Waals surface area contributed by atoms with Crippen LogP contribution in [0, 0.1) is 5.41 Å². The van der Waals surface area contributed by atoms with Crippen molar-refractivity contribution < 1.29 is 4.79 Å². The first-order valence-corrected chi connectivity index (χ1v) is 6.26. The van der Waals surface area contributed by atoms with E-state index in [4.69, 9.17) is 11.6 Å². The predicted molar refractivity (Wildman–Crippen MR) is 65.4 cm³/mol. The molecule has 1 aromatic heterocycles. The Balaban J connectivity index is 2.80. The average molecular weight is 296 g/mol. The Kier molecular flexibility index (Phi) is 3.78. The van der Waals surface area contributed by atoms with E-state index in [1.807, 2.05) is 0 Å². The smallest absolute Gasteiger partial charge is 0.173 e. The Labute approximate surface area is 102 Å². The molecule has 14 heavy (non-hydrogen) atoms. The van der Waals surface area contributed by atoms with Crippen molar-refractivity contribution in [1.29, 1.82) is 0 Å². The molecule has 1 aromatic rings. The van der Waals surface area contributed by atoms with Crippen LogP contribution in [0.1, 0.15) is 36.9 Å². The molecular formula is C10H12BrClOS. The summed E-state index contributed by atoms with van der Waals surface area (Å²) in [6, 6.07) is 1.79. The Morgan fingerprint density at radius 3 is 2.50 bits per heavy atom. The minimum absolute atomic E-state index is 0.0278.